The largest absolute Gasteiger partial charge is 0.444 e. The second-order valence-electron chi connectivity index (χ2n) is 10.8. The first-order valence-corrected chi connectivity index (χ1v) is 15.0. The minimum atomic E-state index is -0.902. The Hall–Kier alpha value is -3.52. The summed E-state index contributed by atoms with van der Waals surface area (Å²) in [7, 11) is 0. The normalized spacial score (nSPS) is 12.9. The third-order valence-corrected chi connectivity index (χ3v) is 7.39. The lowest BCUT2D eigenvalue weighted by atomic mass is 9.95. The minimum Gasteiger partial charge on any atom is -0.444 e. The number of aryl methyl sites for hydroxylation is 1. The van der Waals surface area contributed by atoms with E-state index in [1.807, 2.05) is 87.7 Å². The van der Waals surface area contributed by atoms with E-state index < -0.39 is 23.8 Å². The van der Waals surface area contributed by atoms with Crippen molar-refractivity contribution in [2.75, 3.05) is 23.9 Å². The third-order valence-electron chi connectivity index (χ3n) is 6.74. The van der Waals surface area contributed by atoms with Crippen LogP contribution in [0.3, 0.4) is 0 Å². The van der Waals surface area contributed by atoms with Crippen molar-refractivity contribution in [3.8, 4) is 0 Å². The van der Waals surface area contributed by atoms with Crippen molar-refractivity contribution in [2.24, 2.45) is 0 Å². The van der Waals surface area contributed by atoms with Crippen LogP contribution >= 0.6 is 11.8 Å². The Morgan fingerprint density at radius 2 is 1.68 bits per heavy atom. The molecule has 0 aliphatic heterocycles. The van der Waals surface area contributed by atoms with Gasteiger partial charge in [-0.25, -0.2) is 4.79 Å². The zero-order chi connectivity index (χ0) is 29.4. The first kappa shape index (κ1) is 31.0. The molecule has 0 aliphatic rings. The van der Waals surface area contributed by atoms with Gasteiger partial charge in [-0.2, -0.15) is 11.8 Å². The molecule has 3 amide bonds. The van der Waals surface area contributed by atoms with E-state index >= 15 is 0 Å². The number of amides is 3. The Morgan fingerprint density at radius 3 is 2.33 bits per heavy atom. The molecule has 0 aromatic heterocycles. The maximum Gasteiger partial charge on any atom is 0.408 e. The number of rotatable bonds is 10. The van der Waals surface area contributed by atoms with Gasteiger partial charge in [0.15, 0.2) is 0 Å². The average Bonchev–Trinajstić information content (AvgIpc) is 2.90. The Labute approximate surface area is 242 Å². The van der Waals surface area contributed by atoms with Gasteiger partial charge in [-0.15, -0.1) is 0 Å². The molecule has 0 bridgehead atoms. The van der Waals surface area contributed by atoms with Gasteiger partial charge < -0.3 is 20.3 Å². The van der Waals surface area contributed by atoms with Crippen LogP contribution < -0.4 is 10.6 Å². The topological polar surface area (TPSA) is 87.7 Å². The molecule has 2 N–H and O–H groups in total. The van der Waals surface area contributed by atoms with Crippen LogP contribution in [-0.4, -0.2) is 53.0 Å². The maximum absolute atomic E-state index is 14.1. The van der Waals surface area contributed by atoms with E-state index in [4.69, 9.17) is 4.74 Å². The van der Waals surface area contributed by atoms with E-state index in [-0.39, 0.29) is 18.4 Å². The van der Waals surface area contributed by atoms with Gasteiger partial charge in [0, 0.05) is 12.2 Å². The van der Waals surface area contributed by atoms with Gasteiger partial charge in [-0.1, -0.05) is 48.5 Å². The molecule has 40 heavy (non-hydrogen) atoms. The number of anilines is 1. The second kappa shape index (κ2) is 13.7. The first-order valence-electron chi connectivity index (χ1n) is 13.6. The summed E-state index contributed by atoms with van der Waals surface area (Å²) in [6, 6.07) is 17.7. The number of carbonyl (C=O) groups is 3. The lowest BCUT2D eigenvalue weighted by Crippen LogP contribution is -2.52. The molecule has 3 rings (SSSR count). The fourth-order valence-electron chi connectivity index (χ4n) is 4.61. The summed E-state index contributed by atoms with van der Waals surface area (Å²) in [6.07, 6.45) is 1.69. The quantitative estimate of drug-likeness (QED) is 0.289. The molecule has 0 radical (unpaired) electrons. The molecule has 0 spiro atoms. The predicted octanol–water partition coefficient (Wildman–Crippen LogP) is 6.63. The molecule has 8 heteroatoms. The van der Waals surface area contributed by atoms with E-state index in [1.165, 1.54) is 0 Å². The van der Waals surface area contributed by atoms with Crippen molar-refractivity contribution in [3.63, 3.8) is 0 Å². The van der Waals surface area contributed by atoms with Crippen molar-refractivity contribution < 1.29 is 19.1 Å². The highest BCUT2D eigenvalue weighted by Gasteiger charge is 2.36. The van der Waals surface area contributed by atoms with Crippen molar-refractivity contribution >= 4 is 46.1 Å². The van der Waals surface area contributed by atoms with Crippen LogP contribution in [0.2, 0.25) is 0 Å². The fourth-order valence-corrected chi connectivity index (χ4v) is 5.08. The van der Waals surface area contributed by atoms with Gasteiger partial charge >= 0.3 is 6.09 Å². The molecule has 2 atom stereocenters. The molecule has 0 saturated carbocycles. The van der Waals surface area contributed by atoms with Crippen LogP contribution in [0.25, 0.3) is 10.8 Å². The fraction of sp³-hybridized carbons (Fsp3) is 0.406. The van der Waals surface area contributed by atoms with Crippen LogP contribution in [0.4, 0.5) is 10.5 Å². The van der Waals surface area contributed by atoms with Crippen LogP contribution in [0.1, 0.15) is 56.8 Å². The number of benzene rings is 3. The lowest BCUT2D eigenvalue weighted by molar-refractivity contribution is -0.140. The highest BCUT2D eigenvalue weighted by molar-refractivity contribution is 7.98. The lowest BCUT2D eigenvalue weighted by Gasteiger charge is -2.34. The van der Waals surface area contributed by atoms with Crippen LogP contribution in [0.5, 0.6) is 0 Å². The standard InChI is InChI=1S/C32H41N3O4S/c1-8-35(30(37)27(18-19-40-7)34-31(38)39-32(4,5)6)28(26-15-11-12-21(2)22(26)3)29(36)33-25-17-16-23-13-9-10-14-24(23)20-25/h9-17,20,27-28H,8,18-19H2,1-7H3,(H,33,36)(H,34,38). The summed E-state index contributed by atoms with van der Waals surface area (Å²) in [5.74, 6) is 0.00307. The predicted molar refractivity (Wildman–Crippen MR) is 165 cm³/mol. The van der Waals surface area contributed by atoms with E-state index in [9.17, 15) is 14.4 Å². The number of fused-ring (bicyclic) bond motifs is 1. The van der Waals surface area contributed by atoms with Crippen molar-refractivity contribution in [3.05, 3.63) is 77.4 Å². The van der Waals surface area contributed by atoms with E-state index in [1.54, 1.807) is 37.4 Å². The van der Waals surface area contributed by atoms with Gasteiger partial charge in [-0.05, 0) is 99.6 Å². The van der Waals surface area contributed by atoms with Crippen LogP contribution in [-0.2, 0) is 14.3 Å². The zero-order valence-electron chi connectivity index (χ0n) is 24.5. The smallest absolute Gasteiger partial charge is 0.408 e. The third kappa shape index (κ3) is 8.01. The van der Waals surface area contributed by atoms with Gasteiger partial charge in [0.2, 0.25) is 5.91 Å². The summed E-state index contributed by atoms with van der Waals surface area (Å²) in [6.45, 7) is 11.4. The van der Waals surface area contributed by atoms with Crippen molar-refractivity contribution in [1.82, 2.24) is 10.2 Å². The molecule has 214 valence electrons. The van der Waals surface area contributed by atoms with Gasteiger partial charge in [0.25, 0.3) is 5.91 Å². The molecule has 0 aliphatic carbocycles. The Morgan fingerprint density at radius 1 is 0.975 bits per heavy atom. The number of nitrogens with one attached hydrogen (secondary N) is 2. The molecule has 0 heterocycles. The van der Waals surface area contributed by atoms with E-state index in [0.29, 0.717) is 17.9 Å². The van der Waals surface area contributed by atoms with E-state index in [2.05, 4.69) is 10.6 Å². The summed E-state index contributed by atoms with van der Waals surface area (Å²) < 4.78 is 5.45. The van der Waals surface area contributed by atoms with Crippen molar-refractivity contribution in [1.29, 1.82) is 0 Å². The molecular weight excluding hydrogens is 522 g/mol. The summed E-state index contributed by atoms with van der Waals surface area (Å²) in [5, 5.41) is 7.90. The first-order chi connectivity index (χ1) is 18.9. The summed E-state index contributed by atoms with van der Waals surface area (Å²) in [5.41, 5.74) is 2.65. The number of hydrogen-bond acceptors (Lipinski definition) is 5. The summed E-state index contributed by atoms with van der Waals surface area (Å²) in [4.78, 5) is 42.4. The second-order valence-corrected chi connectivity index (χ2v) is 11.8. The molecule has 3 aromatic carbocycles. The average molecular weight is 564 g/mol. The van der Waals surface area contributed by atoms with E-state index in [0.717, 1.165) is 27.5 Å². The van der Waals surface area contributed by atoms with Crippen molar-refractivity contribution in [2.45, 2.75) is 65.6 Å². The summed E-state index contributed by atoms with van der Waals surface area (Å²) >= 11 is 1.58. The molecule has 2 unspecified atom stereocenters. The highest BCUT2D eigenvalue weighted by Crippen LogP contribution is 2.29. The molecular formula is C32H41N3O4S. The number of thioether (sulfide) groups is 1. The molecule has 0 saturated heterocycles. The zero-order valence-corrected chi connectivity index (χ0v) is 25.4. The number of ether oxygens (including phenoxy) is 1. The number of carbonyl (C=O) groups excluding carboxylic acids is 3. The Kier molecular flexibility index (Phi) is 10.6. The highest BCUT2D eigenvalue weighted by atomic mass is 32.2. The van der Waals surface area contributed by atoms with Crippen LogP contribution in [0, 0.1) is 13.8 Å². The van der Waals surface area contributed by atoms with Gasteiger partial charge in [0.1, 0.15) is 17.7 Å². The number of nitrogens with zero attached hydrogens (tertiary/aromatic N) is 1. The SMILES string of the molecule is CCN(C(=O)C(CCSC)NC(=O)OC(C)(C)C)C(C(=O)Nc1ccc2ccccc2c1)c1cccc(C)c1C. The number of likely N-dealkylation sites (N-methyl/N-ethyl adjacent to an activating group) is 1. The monoisotopic (exact) mass is 563 g/mol. The molecule has 0 fully saturated rings. The van der Waals surface area contributed by atoms with Gasteiger partial charge in [0.05, 0.1) is 0 Å². The minimum absolute atomic E-state index is 0.272. The number of alkyl carbamates (subject to hydrolysis) is 1. The Balaban J connectivity index is 2.00. The molecule has 3 aromatic rings. The Bertz CT molecular complexity index is 1350. The van der Waals surface area contributed by atoms with Crippen LogP contribution in [0.15, 0.2) is 60.7 Å². The molecule has 7 nitrogen and oxygen atoms in total. The maximum atomic E-state index is 14.1. The van der Waals surface area contributed by atoms with Gasteiger partial charge in [-0.3, -0.25) is 9.59 Å². The number of hydrogen-bond donors (Lipinski definition) is 2.